The first kappa shape index (κ1) is 27.9. The average molecular weight is 502 g/mol. The highest BCUT2D eigenvalue weighted by molar-refractivity contribution is 5.99. The highest BCUT2D eigenvalue weighted by atomic mass is 19.4. The smallest absolute Gasteiger partial charge is 0.406 e. The number of unbranched alkanes of at least 4 members (excludes halogenated alkanes) is 1. The van der Waals surface area contributed by atoms with Crippen molar-refractivity contribution in [2.45, 2.75) is 39.1 Å². The van der Waals surface area contributed by atoms with Crippen LogP contribution in [-0.4, -0.2) is 61.3 Å². The Morgan fingerprint density at radius 3 is 2.46 bits per heavy atom. The number of nitrogens with one attached hydrogen (secondary N) is 3. The van der Waals surface area contributed by atoms with Gasteiger partial charge in [0.05, 0.1) is 13.2 Å². The summed E-state index contributed by atoms with van der Waals surface area (Å²) in [5.41, 5.74) is 0.244. The molecule has 0 bridgehead atoms. The molecule has 0 atom stereocenters. The Hall–Kier alpha value is -3.32. The van der Waals surface area contributed by atoms with Crippen molar-refractivity contribution >= 4 is 23.4 Å². The van der Waals surface area contributed by atoms with E-state index in [1.807, 2.05) is 6.92 Å². The summed E-state index contributed by atoms with van der Waals surface area (Å²) >= 11 is 0. The number of halogens is 3. The lowest BCUT2D eigenvalue weighted by Gasteiger charge is -2.10. The van der Waals surface area contributed by atoms with Crippen LogP contribution in [0.1, 0.15) is 36.8 Å². The number of ether oxygens (including phenoxy) is 3. The first-order valence-corrected chi connectivity index (χ1v) is 11.1. The summed E-state index contributed by atoms with van der Waals surface area (Å²) in [4.78, 5) is 29.1. The molecule has 0 saturated carbocycles. The van der Waals surface area contributed by atoms with E-state index in [9.17, 15) is 22.8 Å². The van der Waals surface area contributed by atoms with Crippen LogP contribution in [0.15, 0.2) is 30.5 Å². The van der Waals surface area contributed by atoms with Crippen molar-refractivity contribution in [1.29, 1.82) is 0 Å². The minimum absolute atomic E-state index is 0.155. The van der Waals surface area contributed by atoms with E-state index in [-0.39, 0.29) is 23.2 Å². The standard InChI is InChI=1S/C22H30F3N5O5/c1-3-4-11-30-15-18(28-19(30)20(31)26-10-5-12-34-14-13-33-2)29-21(32)27-16-6-8-17(9-7-16)35-22(23,24)25/h6-9,15H,3-5,10-14H2,1-2H3,(H,26,31)(H2,27,29,32). The summed E-state index contributed by atoms with van der Waals surface area (Å²) in [6.07, 6.45) is -0.925. The van der Waals surface area contributed by atoms with Crippen molar-refractivity contribution in [3.8, 4) is 5.75 Å². The lowest BCUT2D eigenvalue weighted by atomic mass is 10.3. The molecule has 3 amide bonds. The monoisotopic (exact) mass is 501 g/mol. The van der Waals surface area contributed by atoms with Crippen molar-refractivity contribution in [1.82, 2.24) is 14.9 Å². The molecule has 0 fully saturated rings. The van der Waals surface area contributed by atoms with Crippen molar-refractivity contribution in [3.63, 3.8) is 0 Å². The summed E-state index contributed by atoms with van der Waals surface area (Å²) in [6, 6.07) is 4.01. The van der Waals surface area contributed by atoms with Gasteiger partial charge in [-0.2, -0.15) is 0 Å². The highest BCUT2D eigenvalue weighted by Gasteiger charge is 2.31. The molecule has 1 aromatic carbocycles. The van der Waals surface area contributed by atoms with E-state index in [2.05, 4.69) is 25.7 Å². The third kappa shape index (κ3) is 10.6. The third-order valence-corrected chi connectivity index (χ3v) is 4.50. The molecule has 0 unspecified atom stereocenters. The predicted octanol–water partition coefficient (Wildman–Crippen LogP) is 4.01. The number of rotatable bonds is 14. The number of benzene rings is 1. The first-order chi connectivity index (χ1) is 16.7. The van der Waals surface area contributed by atoms with Gasteiger partial charge in [-0.15, -0.1) is 13.2 Å². The number of anilines is 2. The van der Waals surface area contributed by atoms with E-state index in [0.717, 1.165) is 25.0 Å². The molecular formula is C22H30F3N5O5. The van der Waals surface area contributed by atoms with Crippen LogP contribution in [0, 0.1) is 0 Å². The van der Waals surface area contributed by atoms with Crippen LogP contribution in [0.5, 0.6) is 5.75 Å². The van der Waals surface area contributed by atoms with Gasteiger partial charge in [-0.3, -0.25) is 10.1 Å². The normalized spacial score (nSPS) is 11.2. The fourth-order valence-corrected chi connectivity index (χ4v) is 2.87. The van der Waals surface area contributed by atoms with Crippen LogP contribution in [0.2, 0.25) is 0 Å². The van der Waals surface area contributed by atoms with Crippen LogP contribution in [-0.2, 0) is 16.0 Å². The number of hydrogen-bond donors (Lipinski definition) is 3. The summed E-state index contributed by atoms with van der Waals surface area (Å²) < 4.78 is 52.5. The number of carbonyl (C=O) groups excluding carboxylic acids is 2. The van der Waals surface area contributed by atoms with Crippen LogP contribution in [0.25, 0.3) is 0 Å². The Kier molecular flexibility index (Phi) is 11.3. The second-order valence-corrected chi connectivity index (χ2v) is 7.36. The van der Waals surface area contributed by atoms with Crippen molar-refractivity contribution in [2.24, 2.45) is 0 Å². The zero-order valence-electron chi connectivity index (χ0n) is 19.6. The molecule has 0 radical (unpaired) electrons. The van der Waals surface area contributed by atoms with E-state index in [0.29, 0.717) is 39.3 Å². The fourth-order valence-electron chi connectivity index (χ4n) is 2.87. The Morgan fingerprint density at radius 1 is 1.06 bits per heavy atom. The summed E-state index contributed by atoms with van der Waals surface area (Å²) in [7, 11) is 1.59. The van der Waals surface area contributed by atoms with Gasteiger partial charge in [0.1, 0.15) is 5.75 Å². The van der Waals surface area contributed by atoms with Gasteiger partial charge in [0, 0.05) is 38.7 Å². The van der Waals surface area contributed by atoms with Gasteiger partial charge in [0.2, 0.25) is 5.82 Å². The number of methoxy groups -OCH3 is 1. The Bertz CT molecular complexity index is 935. The van der Waals surface area contributed by atoms with Crippen molar-refractivity contribution in [2.75, 3.05) is 44.1 Å². The van der Waals surface area contributed by atoms with Crippen LogP contribution < -0.4 is 20.7 Å². The molecule has 1 aromatic heterocycles. The number of carbonyl (C=O) groups is 2. The van der Waals surface area contributed by atoms with E-state index in [1.54, 1.807) is 17.9 Å². The fraction of sp³-hybridized carbons (Fsp3) is 0.500. The van der Waals surface area contributed by atoms with Crippen LogP contribution in [0.4, 0.5) is 29.5 Å². The quantitative estimate of drug-likeness (QED) is 0.337. The SMILES string of the molecule is CCCCn1cc(NC(=O)Nc2ccc(OC(F)(F)F)cc2)nc1C(=O)NCCCOCCOC. The van der Waals surface area contributed by atoms with Crippen molar-refractivity contribution < 1.29 is 37.0 Å². The largest absolute Gasteiger partial charge is 0.573 e. The average Bonchev–Trinajstić information content (AvgIpc) is 3.19. The van der Waals surface area contributed by atoms with E-state index < -0.39 is 18.1 Å². The van der Waals surface area contributed by atoms with E-state index in [1.165, 1.54) is 12.1 Å². The second kappa shape index (κ2) is 14.2. The molecule has 10 nitrogen and oxygen atoms in total. The number of nitrogens with zero attached hydrogens (tertiary/aromatic N) is 2. The lowest BCUT2D eigenvalue weighted by molar-refractivity contribution is -0.274. The van der Waals surface area contributed by atoms with Crippen LogP contribution in [0.3, 0.4) is 0 Å². The molecule has 35 heavy (non-hydrogen) atoms. The Morgan fingerprint density at radius 2 is 1.80 bits per heavy atom. The summed E-state index contributed by atoms with van der Waals surface area (Å²) in [5, 5.41) is 7.79. The zero-order chi connectivity index (χ0) is 25.7. The molecule has 194 valence electrons. The minimum atomic E-state index is -4.80. The number of imidazole rings is 1. The molecule has 0 aliphatic carbocycles. The number of aryl methyl sites for hydroxylation is 1. The third-order valence-electron chi connectivity index (χ3n) is 4.50. The molecule has 2 rings (SSSR count). The molecular weight excluding hydrogens is 471 g/mol. The van der Waals surface area contributed by atoms with Gasteiger partial charge in [-0.25, -0.2) is 9.78 Å². The number of urea groups is 1. The van der Waals surface area contributed by atoms with Crippen molar-refractivity contribution in [3.05, 3.63) is 36.3 Å². The molecule has 0 spiro atoms. The van der Waals surface area contributed by atoms with Gasteiger partial charge in [-0.05, 0) is 37.1 Å². The number of hydrogen-bond acceptors (Lipinski definition) is 6. The summed E-state index contributed by atoms with van der Waals surface area (Å²) in [5.74, 6) is -0.478. The van der Waals surface area contributed by atoms with Gasteiger partial charge in [0.15, 0.2) is 5.82 Å². The highest BCUT2D eigenvalue weighted by Crippen LogP contribution is 2.24. The first-order valence-electron chi connectivity index (χ1n) is 11.1. The molecule has 0 aliphatic heterocycles. The molecule has 13 heteroatoms. The van der Waals surface area contributed by atoms with E-state index >= 15 is 0 Å². The van der Waals surface area contributed by atoms with Gasteiger partial charge >= 0.3 is 12.4 Å². The van der Waals surface area contributed by atoms with E-state index in [4.69, 9.17) is 9.47 Å². The maximum Gasteiger partial charge on any atom is 0.573 e. The topological polar surface area (TPSA) is 116 Å². The molecule has 1 heterocycles. The zero-order valence-corrected chi connectivity index (χ0v) is 19.6. The van der Waals surface area contributed by atoms with Gasteiger partial charge in [0.25, 0.3) is 5.91 Å². The minimum Gasteiger partial charge on any atom is -0.406 e. The lowest BCUT2D eigenvalue weighted by Crippen LogP contribution is -2.28. The maximum atomic E-state index is 12.6. The number of aromatic nitrogens is 2. The van der Waals surface area contributed by atoms with Gasteiger partial charge in [-0.1, -0.05) is 13.3 Å². The van der Waals surface area contributed by atoms with Gasteiger partial charge < -0.3 is 29.4 Å². The maximum absolute atomic E-state index is 12.6. The molecule has 3 N–H and O–H groups in total. The summed E-state index contributed by atoms with van der Waals surface area (Å²) in [6.45, 7) is 4.40. The number of amides is 3. The Labute approximate surface area is 201 Å². The molecule has 0 aliphatic rings. The predicted molar refractivity (Wildman–Crippen MR) is 123 cm³/mol. The second-order valence-electron chi connectivity index (χ2n) is 7.36. The molecule has 0 saturated heterocycles. The molecule has 2 aromatic rings. The van der Waals surface area contributed by atoms with Crippen LogP contribution >= 0.6 is 0 Å². The number of alkyl halides is 3. The Balaban J connectivity index is 1.92.